The maximum atomic E-state index is 12.0. The van der Waals surface area contributed by atoms with Crippen molar-refractivity contribution in [2.75, 3.05) is 5.32 Å². The van der Waals surface area contributed by atoms with Gasteiger partial charge in [0.1, 0.15) is 0 Å². The molecule has 0 radical (unpaired) electrons. The van der Waals surface area contributed by atoms with E-state index in [1.807, 2.05) is 25.1 Å². The number of hydrogen-bond acceptors (Lipinski definition) is 1. The van der Waals surface area contributed by atoms with E-state index in [0.717, 1.165) is 16.8 Å². The summed E-state index contributed by atoms with van der Waals surface area (Å²) in [5.74, 6) is 0.0460. The molecule has 3 rings (SSSR count). The van der Waals surface area contributed by atoms with Crippen LogP contribution in [0.2, 0.25) is 10.0 Å². The predicted molar refractivity (Wildman–Crippen MR) is 87.5 cm³/mol. The third-order valence-corrected chi connectivity index (χ3v) is 4.79. The van der Waals surface area contributed by atoms with E-state index in [9.17, 15) is 4.79 Å². The molecule has 2 aromatic rings. The topological polar surface area (TPSA) is 29.1 Å². The van der Waals surface area contributed by atoms with Crippen molar-refractivity contribution in [1.29, 1.82) is 0 Å². The Bertz CT molecular complexity index is 740. The number of carbonyl (C=O) groups excluding carboxylic acids is 1. The monoisotopic (exact) mass is 319 g/mol. The molecule has 0 aliphatic carbocycles. The Morgan fingerprint density at radius 3 is 2.48 bits per heavy atom. The first kappa shape index (κ1) is 14.4. The van der Waals surface area contributed by atoms with Crippen LogP contribution in [0.1, 0.15) is 34.6 Å². The normalized spacial score (nSPS) is 17.3. The van der Waals surface area contributed by atoms with Crippen LogP contribution in [0, 0.1) is 13.8 Å². The molecule has 108 valence electrons. The lowest BCUT2D eigenvalue weighted by Gasteiger charge is -2.27. The predicted octanol–water partition coefficient (Wildman–Crippen LogP) is 5.08. The molecule has 1 N–H and O–H groups in total. The average molecular weight is 320 g/mol. The minimum Gasteiger partial charge on any atom is -0.326 e. The maximum absolute atomic E-state index is 12.0. The molecular formula is C17H15Cl2NO. The molecule has 1 heterocycles. The highest BCUT2D eigenvalue weighted by Gasteiger charge is 2.27. The van der Waals surface area contributed by atoms with Crippen molar-refractivity contribution in [2.45, 2.75) is 26.2 Å². The number of halogens is 2. The second kappa shape index (κ2) is 5.36. The van der Waals surface area contributed by atoms with E-state index in [1.54, 1.807) is 6.07 Å². The van der Waals surface area contributed by atoms with Gasteiger partial charge in [0.15, 0.2) is 0 Å². The fourth-order valence-electron chi connectivity index (χ4n) is 2.76. The minimum atomic E-state index is 0.0165. The van der Waals surface area contributed by atoms with Gasteiger partial charge in [-0.05, 0) is 54.3 Å². The van der Waals surface area contributed by atoms with Gasteiger partial charge in [0.25, 0.3) is 0 Å². The molecule has 1 aliphatic heterocycles. The lowest BCUT2D eigenvalue weighted by molar-refractivity contribution is -0.116. The summed E-state index contributed by atoms with van der Waals surface area (Å²) in [6.45, 7) is 4.13. The summed E-state index contributed by atoms with van der Waals surface area (Å²) in [6, 6.07) is 9.76. The van der Waals surface area contributed by atoms with E-state index in [1.165, 1.54) is 11.1 Å². The Morgan fingerprint density at radius 2 is 1.76 bits per heavy atom. The number of nitrogens with one attached hydrogen (secondary N) is 1. The van der Waals surface area contributed by atoms with Crippen LogP contribution in [0.25, 0.3) is 0 Å². The van der Waals surface area contributed by atoms with Gasteiger partial charge >= 0.3 is 0 Å². The Balaban J connectivity index is 2.14. The lowest BCUT2D eigenvalue weighted by Crippen LogP contribution is -2.23. The van der Waals surface area contributed by atoms with Crippen LogP contribution in [0.15, 0.2) is 30.3 Å². The lowest BCUT2D eigenvalue weighted by atomic mass is 9.83. The molecule has 21 heavy (non-hydrogen) atoms. The summed E-state index contributed by atoms with van der Waals surface area (Å²) in [5.41, 5.74) is 5.43. The largest absolute Gasteiger partial charge is 0.326 e. The highest BCUT2D eigenvalue weighted by Crippen LogP contribution is 2.39. The maximum Gasteiger partial charge on any atom is 0.225 e. The zero-order valence-electron chi connectivity index (χ0n) is 11.8. The van der Waals surface area contributed by atoms with Crippen molar-refractivity contribution in [2.24, 2.45) is 0 Å². The number of anilines is 1. The Labute approximate surface area is 134 Å². The molecule has 0 bridgehead atoms. The van der Waals surface area contributed by atoms with Gasteiger partial charge in [0.05, 0.1) is 10.0 Å². The van der Waals surface area contributed by atoms with Crippen molar-refractivity contribution in [3.05, 3.63) is 62.6 Å². The van der Waals surface area contributed by atoms with Gasteiger partial charge in [-0.2, -0.15) is 0 Å². The molecule has 0 spiro atoms. The summed E-state index contributed by atoms with van der Waals surface area (Å²) in [4.78, 5) is 12.0. The van der Waals surface area contributed by atoms with E-state index in [0.29, 0.717) is 16.5 Å². The third-order valence-electron chi connectivity index (χ3n) is 4.05. The highest BCUT2D eigenvalue weighted by molar-refractivity contribution is 6.42. The van der Waals surface area contributed by atoms with E-state index in [-0.39, 0.29) is 11.8 Å². The van der Waals surface area contributed by atoms with E-state index >= 15 is 0 Å². The molecule has 1 aliphatic rings. The fraction of sp³-hybridized carbons (Fsp3) is 0.235. The standard InChI is InChI=1S/C17H15Cl2NO/c1-9-5-13-12(11-3-4-14(18)15(19)7-11)8-17(21)20-16(13)6-10(9)2/h3-7,12H,8H2,1-2H3,(H,20,21)/t12-/m0/s1. The summed E-state index contributed by atoms with van der Waals surface area (Å²) < 4.78 is 0. The van der Waals surface area contributed by atoms with Crippen molar-refractivity contribution in [1.82, 2.24) is 0 Å². The first-order valence-corrected chi connectivity index (χ1v) is 7.57. The van der Waals surface area contributed by atoms with Crippen molar-refractivity contribution in [3.63, 3.8) is 0 Å². The van der Waals surface area contributed by atoms with Crippen LogP contribution in [-0.4, -0.2) is 5.91 Å². The summed E-state index contributed by atoms with van der Waals surface area (Å²) in [6.07, 6.45) is 0.424. The van der Waals surface area contributed by atoms with Gasteiger partial charge in [-0.25, -0.2) is 0 Å². The van der Waals surface area contributed by atoms with Gasteiger partial charge in [0.2, 0.25) is 5.91 Å². The van der Waals surface area contributed by atoms with Crippen LogP contribution in [0.5, 0.6) is 0 Å². The first-order valence-electron chi connectivity index (χ1n) is 6.81. The van der Waals surface area contributed by atoms with E-state index in [2.05, 4.69) is 18.3 Å². The Morgan fingerprint density at radius 1 is 1.05 bits per heavy atom. The third kappa shape index (κ3) is 2.66. The van der Waals surface area contributed by atoms with Crippen LogP contribution in [0.3, 0.4) is 0 Å². The van der Waals surface area contributed by atoms with Crippen molar-refractivity contribution >= 4 is 34.8 Å². The van der Waals surface area contributed by atoms with Gasteiger partial charge in [-0.3, -0.25) is 4.79 Å². The van der Waals surface area contributed by atoms with Crippen LogP contribution in [0.4, 0.5) is 5.69 Å². The van der Waals surface area contributed by atoms with Crippen LogP contribution in [-0.2, 0) is 4.79 Å². The number of amides is 1. The minimum absolute atomic E-state index is 0.0165. The second-order valence-electron chi connectivity index (χ2n) is 5.50. The molecule has 2 nitrogen and oxygen atoms in total. The number of fused-ring (bicyclic) bond motifs is 1. The number of aryl methyl sites for hydroxylation is 2. The van der Waals surface area contributed by atoms with Gasteiger partial charge < -0.3 is 5.32 Å². The molecule has 1 atom stereocenters. The number of rotatable bonds is 1. The molecule has 0 saturated heterocycles. The average Bonchev–Trinajstić information content (AvgIpc) is 2.43. The van der Waals surface area contributed by atoms with Crippen LogP contribution < -0.4 is 5.32 Å². The highest BCUT2D eigenvalue weighted by atomic mass is 35.5. The van der Waals surface area contributed by atoms with Gasteiger partial charge in [-0.1, -0.05) is 35.3 Å². The molecule has 0 fully saturated rings. The first-order chi connectivity index (χ1) is 9.95. The molecule has 2 aromatic carbocycles. The second-order valence-corrected chi connectivity index (χ2v) is 6.32. The summed E-state index contributed by atoms with van der Waals surface area (Å²) in [7, 11) is 0. The Kier molecular flexibility index (Phi) is 3.68. The van der Waals surface area contributed by atoms with E-state index in [4.69, 9.17) is 23.2 Å². The molecule has 1 amide bonds. The van der Waals surface area contributed by atoms with E-state index < -0.39 is 0 Å². The van der Waals surface area contributed by atoms with Gasteiger partial charge in [0, 0.05) is 18.0 Å². The fourth-order valence-corrected chi connectivity index (χ4v) is 3.06. The zero-order valence-corrected chi connectivity index (χ0v) is 13.3. The summed E-state index contributed by atoms with van der Waals surface area (Å²) >= 11 is 12.1. The molecule has 0 unspecified atom stereocenters. The smallest absolute Gasteiger partial charge is 0.225 e. The number of benzene rings is 2. The number of hydrogen-bond donors (Lipinski definition) is 1. The zero-order chi connectivity index (χ0) is 15.1. The van der Waals surface area contributed by atoms with Gasteiger partial charge in [-0.15, -0.1) is 0 Å². The summed E-state index contributed by atoms with van der Waals surface area (Å²) in [5, 5.41) is 4.00. The van der Waals surface area contributed by atoms with Crippen molar-refractivity contribution < 1.29 is 4.79 Å². The molecule has 0 saturated carbocycles. The SMILES string of the molecule is Cc1cc2c(cc1C)[C@H](c1ccc(Cl)c(Cl)c1)CC(=O)N2. The van der Waals surface area contributed by atoms with Crippen LogP contribution >= 0.6 is 23.2 Å². The molecule has 4 heteroatoms. The Hall–Kier alpha value is -1.51. The number of carbonyl (C=O) groups is 1. The quantitative estimate of drug-likeness (QED) is 0.779. The molecular weight excluding hydrogens is 305 g/mol. The van der Waals surface area contributed by atoms with Crippen molar-refractivity contribution in [3.8, 4) is 0 Å². The molecule has 0 aromatic heterocycles.